The van der Waals surface area contributed by atoms with Crippen molar-refractivity contribution >= 4 is 21.4 Å². The van der Waals surface area contributed by atoms with Gasteiger partial charge in [0.1, 0.15) is 5.69 Å². The highest BCUT2D eigenvalue weighted by molar-refractivity contribution is 7.89. The molecule has 1 aliphatic heterocycles. The van der Waals surface area contributed by atoms with Gasteiger partial charge in [-0.25, -0.2) is 13.1 Å². The molecular weight excluding hydrogens is 332 g/mol. The Bertz CT molecular complexity index is 693. The van der Waals surface area contributed by atoms with Gasteiger partial charge in [-0.3, -0.25) is 10.1 Å². The molecule has 1 fully saturated rings. The van der Waals surface area contributed by atoms with Crippen molar-refractivity contribution in [1.82, 2.24) is 9.62 Å². The van der Waals surface area contributed by atoms with E-state index in [1.807, 2.05) is 4.90 Å². The van der Waals surface area contributed by atoms with Crippen LogP contribution in [0.5, 0.6) is 0 Å². The first-order valence-corrected chi connectivity index (χ1v) is 9.56. The molecule has 0 atom stereocenters. The second-order valence-electron chi connectivity index (χ2n) is 5.80. The Morgan fingerprint density at radius 3 is 2.62 bits per heavy atom. The summed E-state index contributed by atoms with van der Waals surface area (Å²) in [4.78, 5) is 15.2. The van der Waals surface area contributed by atoms with Crippen LogP contribution in [0.25, 0.3) is 0 Å². The van der Waals surface area contributed by atoms with Gasteiger partial charge >= 0.3 is 0 Å². The maximum atomic E-state index is 11.9. The lowest BCUT2D eigenvalue weighted by atomic mass is 10.2. The lowest BCUT2D eigenvalue weighted by Gasteiger charge is -2.23. The molecule has 8 nitrogen and oxygen atoms in total. The molecule has 0 unspecified atom stereocenters. The van der Waals surface area contributed by atoms with Crippen molar-refractivity contribution in [2.75, 3.05) is 44.7 Å². The second kappa shape index (κ2) is 7.91. The average molecular weight is 356 g/mol. The van der Waals surface area contributed by atoms with Crippen LogP contribution in [0.3, 0.4) is 0 Å². The monoisotopic (exact) mass is 356 g/mol. The highest BCUT2D eigenvalue weighted by Gasteiger charge is 2.25. The fourth-order valence-corrected chi connectivity index (χ4v) is 3.70. The molecule has 1 N–H and O–H groups in total. The highest BCUT2D eigenvalue weighted by Crippen LogP contribution is 2.31. The van der Waals surface area contributed by atoms with E-state index in [0.717, 1.165) is 45.1 Å². The van der Waals surface area contributed by atoms with E-state index in [1.54, 1.807) is 0 Å². The molecule has 0 spiro atoms. The van der Waals surface area contributed by atoms with Gasteiger partial charge in [-0.2, -0.15) is 0 Å². The third-order valence-electron chi connectivity index (χ3n) is 4.19. The van der Waals surface area contributed by atoms with Crippen LogP contribution in [0, 0.1) is 10.1 Å². The van der Waals surface area contributed by atoms with E-state index >= 15 is 0 Å². The Morgan fingerprint density at radius 2 is 2.00 bits per heavy atom. The number of anilines is 1. The molecule has 0 amide bonds. The van der Waals surface area contributed by atoms with Gasteiger partial charge in [-0.1, -0.05) is 6.92 Å². The first-order valence-electron chi connectivity index (χ1n) is 8.08. The van der Waals surface area contributed by atoms with E-state index in [1.165, 1.54) is 19.2 Å². The number of benzene rings is 1. The largest absolute Gasteiger partial charge is 0.365 e. The van der Waals surface area contributed by atoms with Crippen LogP contribution in [0.1, 0.15) is 19.8 Å². The van der Waals surface area contributed by atoms with Crippen LogP contribution in [-0.2, 0) is 10.0 Å². The molecular formula is C15H24N4O4S. The van der Waals surface area contributed by atoms with Crippen LogP contribution in [-0.4, -0.2) is 58.0 Å². The van der Waals surface area contributed by atoms with Gasteiger partial charge in [0.05, 0.1) is 9.82 Å². The van der Waals surface area contributed by atoms with E-state index in [4.69, 9.17) is 0 Å². The van der Waals surface area contributed by atoms with Crippen molar-refractivity contribution in [1.29, 1.82) is 0 Å². The van der Waals surface area contributed by atoms with Gasteiger partial charge in [-0.05, 0) is 45.1 Å². The minimum atomic E-state index is -3.71. The van der Waals surface area contributed by atoms with Crippen molar-refractivity contribution in [3.8, 4) is 0 Å². The molecule has 9 heteroatoms. The zero-order valence-corrected chi connectivity index (χ0v) is 14.9. The third kappa shape index (κ3) is 4.22. The zero-order valence-electron chi connectivity index (χ0n) is 14.1. The predicted octanol–water partition coefficient (Wildman–Crippen LogP) is 1.43. The molecule has 1 aliphatic rings. The summed E-state index contributed by atoms with van der Waals surface area (Å²) in [5, 5.41) is 11.4. The number of hydrogen-bond donors (Lipinski definition) is 1. The Morgan fingerprint density at radius 1 is 1.25 bits per heavy atom. The Hall–Kier alpha value is -1.71. The molecule has 1 saturated heterocycles. The summed E-state index contributed by atoms with van der Waals surface area (Å²) in [5.41, 5.74) is 0.309. The van der Waals surface area contributed by atoms with Crippen LogP contribution < -0.4 is 9.62 Å². The fraction of sp³-hybridized carbons (Fsp3) is 0.600. The third-order valence-corrected chi connectivity index (χ3v) is 5.60. The standard InChI is InChI=1S/C15H24N4O4S/c1-3-7-17-8-4-9-18(11-10-17)14-6-5-13(24(22,23)16-2)12-15(14)19(20)21/h5-6,12,16H,3-4,7-11H2,1-2H3. The predicted molar refractivity (Wildman–Crippen MR) is 92.9 cm³/mol. The molecule has 0 saturated carbocycles. The molecule has 1 heterocycles. The van der Waals surface area contributed by atoms with Crippen molar-refractivity contribution < 1.29 is 13.3 Å². The normalized spacial score (nSPS) is 16.8. The molecule has 0 aliphatic carbocycles. The van der Waals surface area contributed by atoms with Crippen LogP contribution in [0.15, 0.2) is 23.1 Å². The minimum Gasteiger partial charge on any atom is -0.365 e. The molecule has 134 valence electrons. The summed E-state index contributed by atoms with van der Waals surface area (Å²) in [7, 11) is -2.42. The Balaban J connectivity index is 2.31. The molecule has 24 heavy (non-hydrogen) atoms. The summed E-state index contributed by atoms with van der Waals surface area (Å²) in [5.74, 6) is 0. The maximum Gasteiger partial charge on any atom is 0.293 e. The van der Waals surface area contributed by atoms with Gasteiger partial charge < -0.3 is 9.80 Å². The van der Waals surface area contributed by atoms with Gasteiger partial charge in [0, 0.05) is 25.7 Å². The summed E-state index contributed by atoms with van der Waals surface area (Å²) in [6.45, 7) is 6.40. The summed E-state index contributed by atoms with van der Waals surface area (Å²) in [6.07, 6.45) is 2.00. The quantitative estimate of drug-likeness (QED) is 0.612. The van der Waals surface area contributed by atoms with E-state index < -0.39 is 14.9 Å². The average Bonchev–Trinajstić information content (AvgIpc) is 2.80. The Kier molecular flexibility index (Phi) is 6.14. The number of sulfonamides is 1. The van der Waals surface area contributed by atoms with E-state index in [2.05, 4.69) is 16.5 Å². The number of nitrogens with zero attached hydrogens (tertiary/aromatic N) is 3. The molecule has 0 bridgehead atoms. The summed E-state index contributed by atoms with van der Waals surface area (Å²) < 4.78 is 25.9. The van der Waals surface area contributed by atoms with Gasteiger partial charge in [0.15, 0.2) is 0 Å². The number of nitro benzene ring substituents is 1. The van der Waals surface area contributed by atoms with Crippen molar-refractivity contribution in [3.63, 3.8) is 0 Å². The first kappa shape index (κ1) is 18.6. The maximum absolute atomic E-state index is 11.9. The topological polar surface area (TPSA) is 95.8 Å². The lowest BCUT2D eigenvalue weighted by molar-refractivity contribution is -0.384. The van der Waals surface area contributed by atoms with Crippen molar-refractivity contribution in [3.05, 3.63) is 28.3 Å². The highest BCUT2D eigenvalue weighted by atomic mass is 32.2. The molecule has 0 aromatic heterocycles. The number of nitrogens with one attached hydrogen (secondary N) is 1. The van der Waals surface area contributed by atoms with E-state index in [0.29, 0.717) is 12.2 Å². The van der Waals surface area contributed by atoms with E-state index in [9.17, 15) is 18.5 Å². The van der Waals surface area contributed by atoms with Crippen LogP contribution in [0.4, 0.5) is 11.4 Å². The molecule has 1 aromatic carbocycles. The number of hydrogen-bond acceptors (Lipinski definition) is 6. The summed E-state index contributed by atoms with van der Waals surface area (Å²) >= 11 is 0. The SMILES string of the molecule is CCCN1CCCN(c2ccc(S(=O)(=O)NC)cc2[N+](=O)[O-])CC1. The molecule has 2 rings (SSSR count). The van der Waals surface area contributed by atoms with Crippen molar-refractivity contribution in [2.45, 2.75) is 24.7 Å². The van der Waals surface area contributed by atoms with Gasteiger partial charge in [0.2, 0.25) is 10.0 Å². The fourth-order valence-electron chi connectivity index (χ4n) is 2.95. The van der Waals surface area contributed by atoms with Gasteiger partial charge in [-0.15, -0.1) is 0 Å². The second-order valence-corrected chi connectivity index (χ2v) is 7.68. The molecule has 0 radical (unpaired) electrons. The van der Waals surface area contributed by atoms with Crippen LogP contribution in [0.2, 0.25) is 0 Å². The lowest BCUT2D eigenvalue weighted by Crippen LogP contribution is -2.31. The zero-order chi connectivity index (χ0) is 17.7. The van der Waals surface area contributed by atoms with Crippen LogP contribution >= 0.6 is 0 Å². The van der Waals surface area contributed by atoms with E-state index in [-0.39, 0.29) is 10.6 Å². The summed E-state index contributed by atoms with van der Waals surface area (Å²) in [6, 6.07) is 4.09. The Labute approximate surface area is 142 Å². The molecule has 1 aromatic rings. The van der Waals surface area contributed by atoms with Gasteiger partial charge in [0.25, 0.3) is 5.69 Å². The van der Waals surface area contributed by atoms with Crippen molar-refractivity contribution in [2.24, 2.45) is 0 Å². The number of nitro groups is 1. The smallest absolute Gasteiger partial charge is 0.293 e. The first-order chi connectivity index (χ1) is 11.4. The number of rotatable bonds is 6. The minimum absolute atomic E-state index is 0.0946.